The van der Waals surface area contributed by atoms with Gasteiger partial charge in [-0.25, -0.2) is 24.0 Å². The molecule has 0 aliphatic rings. The summed E-state index contributed by atoms with van der Waals surface area (Å²) in [6, 6.07) is 29.9. The Hall–Kier alpha value is -10.5. The van der Waals surface area contributed by atoms with Crippen molar-refractivity contribution in [2.24, 2.45) is 29.4 Å². The highest BCUT2D eigenvalue weighted by Crippen LogP contribution is 2.24. The van der Waals surface area contributed by atoms with Gasteiger partial charge in [-0.15, -0.1) is 12.4 Å². The van der Waals surface area contributed by atoms with Crippen LogP contribution >= 0.6 is 12.4 Å². The third-order valence-electron chi connectivity index (χ3n) is 17.2. The summed E-state index contributed by atoms with van der Waals surface area (Å²) >= 11 is 0. The van der Waals surface area contributed by atoms with E-state index in [2.05, 4.69) is 47.3 Å². The van der Waals surface area contributed by atoms with Crippen LogP contribution in [0.15, 0.2) is 121 Å². The standard InChI is InChI=1S/C44H64N4O10.C41H60N4O9.C3H7NO2.ClH/c1-29(2)25-32(39(53)46-33(36(49)22-23-38(51)52)21-15-16-24-45-41(55)57-43(3,4)5)28-37(50)34(26-30-17-11-9-12-18-30)47-40(54)35(27-31-19-13-10-14-20-31)48-42(56)58-44(6,7)8;1-27(2)23-30(35(47)43-31(37(49)50)21-15-16-22-42-38(51)53-40(3,4)5)26-34(46)32(24-28-17-11-9-12-18-28)44-36(48)33(25-29-19-13-10-14-20-29)45-39(52)54-41(6,7)8;1-6-3(5)2-4;/h9-14,17-20,29,32-35H,15-16,21-28H2,1-8H3,(H,45,55)(H,46,53)(H,47,54)(H,48,56)(H,51,52);9-14,17-20,27,30-33H,15-16,21-26H2,1-8H3,(H,42,51)(H,43,47)(H,44,48)(H,45,52)(H,49,50);2,4H2,1H3;1H/t32-,33+,34+,35+;30-,31+,32+,33+;;/m00../s1. The van der Waals surface area contributed by atoms with E-state index in [9.17, 15) is 77.3 Å². The predicted molar refractivity (Wildman–Crippen MR) is 454 cm³/mol. The minimum absolute atomic E-state index is 0. The highest BCUT2D eigenvalue weighted by atomic mass is 35.5. The molecule has 119 heavy (non-hydrogen) atoms. The maximum Gasteiger partial charge on any atom is 0.408 e. The number of carboxylic acid groups (broad SMARTS) is 2. The number of carbonyl (C=O) groups excluding carboxylic acids is 12. The number of amides is 8. The van der Waals surface area contributed by atoms with E-state index in [4.69, 9.17) is 24.7 Å². The Morgan fingerprint density at radius 2 is 0.664 bits per heavy atom. The number of esters is 1. The van der Waals surface area contributed by atoms with Crippen LogP contribution in [0.3, 0.4) is 0 Å². The summed E-state index contributed by atoms with van der Waals surface area (Å²) in [6.07, 6.45) is -0.859. The summed E-state index contributed by atoms with van der Waals surface area (Å²) in [5, 5.41) is 40.9. The van der Waals surface area contributed by atoms with Crippen molar-refractivity contribution in [3.8, 4) is 0 Å². The van der Waals surface area contributed by atoms with Crippen molar-refractivity contribution in [2.45, 2.75) is 272 Å². The fraction of sp³-hybridized carbons (Fsp3) is 0.568. The van der Waals surface area contributed by atoms with Crippen LogP contribution in [-0.4, -0.2) is 179 Å². The van der Waals surface area contributed by atoms with Gasteiger partial charge in [0.1, 0.15) is 40.5 Å². The van der Waals surface area contributed by atoms with Gasteiger partial charge >= 0.3 is 42.3 Å². The van der Waals surface area contributed by atoms with Gasteiger partial charge in [0.25, 0.3) is 0 Å². The van der Waals surface area contributed by atoms with Crippen molar-refractivity contribution in [2.75, 3.05) is 26.7 Å². The first-order chi connectivity index (χ1) is 55.1. The molecule has 8 amide bonds. The number of carboxylic acids is 2. The summed E-state index contributed by atoms with van der Waals surface area (Å²) in [5.41, 5.74) is 4.94. The zero-order valence-corrected chi connectivity index (χ0v) is 73.2. The van der Waals surface area contributed by atoms with Crippen LogP contribution in [0.2, 0.25) is 0 Å². The topological polar surface area (TPSA) is 448 Å². The number of hydrogen-bond acceptors (Lipinski definition) is 20. The Kier molecular flexibility index (Phi) is 48.8. The Labute approximate surface area is 707 Å². The second-order valence-corrected chi connectivity index (χ2v) is 33.7. The second kappa shape index (κ2) is 54.6. The second-order valence-electron chi connectivity index (χ2n) is 33.7. The molecule has 0 bridgehead atoms. The molecule has 662 valence electrons. The number of aliphatic carboxylic acids is 2. The number of hydrogen-bond donors (Lipinski definition) is 11. The lowest BCUT2D eigenvalue weighted by Gasteiger charge is -2.27. The number of nitrogens with two attached hydrogens (primary N) is 1. The first-order valence-electron chi connectivity index (χ1n) is 40.2. The molecule has 0 aliphatic carbocycles. The van der Waals surface area contributed by atoms with E-state index < -0.39 is 154 Å². The van der Waals surface area contributed by atoms with Crippen LogP contribution in [-0.2, 0) is 97.3 Å². The van der Waals surface area contributed by atoms with Crippen molar-refractivity contribution >= 4 is 95.7 Å². The number of unbranched alkanes of at least 4 members (excludes halogenated alkanes) is 2. The Morgan fingerprint density at radius 3 is 0.941 bits per heavy atom. The molecule has 0 fully saturated rings. The molecule has 4 rings (SSSR count). The summed E-state index contributed by atoms with van der Waals surface area (Å²) < 4.78 is 25.5. The maximum absolute atomic E-state index is 14.3. The molecule has 30 nitrogen and oxygen atoms in total. The molecule has 0 aromatic heterocycles. The number of benzene rings is 4. The van der Waals surface area contributed by atoms with Crippen molar-refractivity contribution in [3.05, 3.63) is 144 Å². The average molecular weight is 1690 g/mol. The molecule has 8 atom stereocenters. The number of halogens is 1. The van der Waals surface area contributed by atoms with Gasteiger partial charge in [0, 0.05) is 57.0 Å². The normalized spacial score (nSPS) is 13.3. The first-order valence-corrected chi connectivity index (χ1v) is 40.2. The van der Waals surface area contributed by atoms with Gasteiger partial charge < -0.3 is 82.2 Å². The van der Waals surface area contributed by atoms with Crippen LogP contribution in [0.5, 0.6) is 0 Å². The zero-order valence-electron chi connectivity index (χ0n) is 72.4. The average Bonchev–Trinajstić information content (AvgIpc) is 0.849. The lowest BCUT2D eigenvalue weighted by Crippen LogP contribution is -2.54. The van der Waals surface area contributed by atoms with E-state index in [0.717, 1.165) is 22.3 Å². The first kappa shape index (κ1) is 107. The number of rotatable bonds is 44. The SMILES string of the molecule is CC(C)C[C@@H](CC(=O)[C@@H](Cc1ccccc1)NC(=O)[C@@H](Cc1ccccc1)NC(=O)OC(C)(C)C)C(=O)N[C@H](CCCCNC(=O)OC(C)(C)C)C(=O)CCC(=O)O.CC(C)C[C@@H](CC(=O)[C@@H](Cc1ccccc1)NC(=O)[C@@H](Cc1ccccc1)NC(=O)OC(C)(C)C)C(=O)N[C@H](CCCCNC(=O)OC(C)(C)C)C(=O)O.COC(=O)CN.Cl. The molecule has 4 aromatic carbocycles. The van der Waals surface area contributed by atoms with Crippen molar-refractivity contribution < 1.29 is 101 Å². The number of methoxy groups -OCH3 is 1. The number of alkyl carbamates (subject to hydrolysis) is 4. The third-order valence-corrected chi connectivity index (χ3v) is 17.2. The van der Waals surface area contributed by atoms with Crippen molar-refractivity contribution in [3.63, 3.8) is 0 Å². The molecule has 4 aromatic rings. The molecule has 0 unspecified atom stereocenters. The summed E-state index contributed by atoms with van der Waals surface area (Å²) in [7, 11) is 1.30. The zero-order chi connectivity index (χ0) is 88.9. The molecule has 0 aliphatic heterocycles. The van der Waals surface area contributed by atoms with Crippen LogP contribution in [0, 0.1) is 23.7 Å². The van der Waals surface area contributed by atoms with Gasteiger partial charge in [-0.3, -0.25) is 43.2 Å². The molecular formula is C88H132ClN9O21. The molecule has 0 heterocycles. The van der Waals surface area contributed by atoms with Crippen molar-refractivity contribution in [1.29, 1.82) is 0 Å². The van der Waals surface area contributed by atoms with Crippen LogP contribution in [0.25, 0.3) is 0 Å². The Balaban J connectivity index is 0.00000111. The number of ether oxygens (including phenoxy) is 5. The summed E-state index contributed by atoms with van der Waals surface area (Å²) in [4.78, 5) is 180. The molecular weight excluding hydrogens is 1550 g/mol. The highest BCUT2D eigenvalue weighted by molar-refractivity contribution is 5.97. The number of ketones is 3. The summed E-state index contributed by atoms with van der Waals surface area (Å²) in [5.74, 6) is -8.15. The number of nitrogens with one attached hydrogen (secondary N) is 8. The quantitative estimate of drug-likeness (QED) is 0.0111. The molecule has 31 heteroatoms. The highest BCUT2D eigenvalue weighted by Gasteiger charge is 2.36. The minimum Gasteiger partial charge on any atom is -0.481 e. The number of carbonyl (C=O) groups is 14. The number of Topliss-reactive ketones (excluding diaryl/α,β-unsaturated/α-hetero) is 3. The van der Waals surface area contributed by atoms with Gasteiger partial charge in [0.15, 0.2) is 17.3 Å². The molecule has 0 spiro atoms. The van der Waals surface area contributed by atoms with Gasteiger partial charge in [0.2, 0.25) is 23.6 Å². The predicted octanol–water partition coefficient (Wildman–Crippen LogP) is 11.4. The van der Waals surface area contributed by atoms with Gasteiger partial charge in [-0.05, 0) is 181 Å². The van der Waals surface area contributed by atoms with Crippen molar-refractivity contribution in [1.82, 2.24) is 42.5 Å². The Morgan fingerprint density at radius 1 is 0.370 bits per heavy atom. The van der Waals surface area contributed by atoms with E-state index in [1.165, 1.54) is 7.11 Å². The molecule has 0 saturated heterocycles. The Bertz CT molecular complexity index is 3800. The molecule has 0 radical (unpaired) electrons. The van der Waals surface area contributed by atoms with E-state index in [1.54, 1.807) is 83.1 Å². The lowest BCUT2D eigenvalue weighted by molar-refractivity contribution is -0.143. The third kappa shape index (κ3) is 50.1. The van der Waals surface area contributed by atoms with Gasteiger partial charge in [-0.1, -0.05) is 149 Å². The van der Waals surface area contributed by atoms with Crippen LogP contribution in [0.4, 0.5) is 19.2 Å². The fourth-order valence-electron chi connectivity index (χ4n) is 11.8. The summed E-state index contributed by atoms with van der Waals surface area (Å²) in [6.45, 7) is 28.8. The van der Waals surface area contributed by atoms with E-state index in [0.29, 0.717) is 32.1 Å². The fourth-order valence-corrected chi connectivity index (χ4v) is 11.8. The van der Waals surface area contributed by atoms with Gasteiger partial charge in [0.05, 0.1) is 38.2 Å². The van der Waals surface area contributed by atoms with E-state index in [1.807, 2.05) is 149 Å². The minimum atomic E-state index is -1.21. The largest absolute Gasteiger partial charge is 0.481 e. The molecule has 0 saturated carbocycles. The maximum atomic E-state index is 14.3. The van der Waals surface area contributed by atoms with E-state index in [-0.39, 0.29) is 114 Å². The monoisotopic (exact) mass is 1690 g/mol. The van der Waals surface area contributed by atoms with Gasteiger partial charge in [-0.2, -0.15) is 0 Å². The van der Waals surface area contributed by atoms with Crippen LogP contribution < -0.4 is 48.3 Å². The molecule has 12 N–H and O–H groups in total. The lowest BCUT2D eigenvalue weighted by atomic mass is 9.87. The van der Waals surface area contributed by atoms with E-state index >= 15 is 0 Å². The smallest absolute Gasteiger partial charge is 0.408 e. The van der Waals surface area contributed by atoms with Crippen LogP contribution in [0.1, 0.15) is 210 Å².